The second kappa shape index (κ2) is 5.84. The molecule has 0 aliphatic rings. The Kier molecular flexibility index (Phi) is 4.71. The highest BCUT2D eigenvalue weighted by molar-refractivity contribution is 6.30. The third kappa shape index (κ3) is 3.95. The van der Waals surface area contributed by atoms with E-state index < -0.39 is 0 Å². The molecule has 14 heavy (non-hydrogen) atoms. The summed E-state index contributed by atoms with van der Waals surface area (Å²) in [5.74, 6) is 0. The van der Waals surface area contributed by atoms with Crippen molar-refractivity contribution in [3.63, 3.8) is 0 Å². The minimum Gasteiger partial charge on any atom is -0.313 e. The van der Waals surface area contributed by atoms with Crippen LogP contribution in [0.1, 0.15) is 19.4 Å². The fourth-order valence-electron chi connectivity index (χ4n) is 1.25. The maximum atomic E-state index is 5.89. The molecule has 0 aliphatic heterocycles. The lowest BCUT2D eigenvalue weighted by molar-refractivity contribution is 0.778. The van der Waals surface area contributed by atoms with E-state index in [2.05, 4.69) is 31.3 Å². The summed E-state index contributed by atoms with van der Waals surface area (Å²) in [6.45, 7) is 6.15. The van der Waals surface area contributed by atoms with Crippen molar-refractivity contribution in [2.75, 3.05) is 13.1 Å². The maximum Gasteiger partial charge on any atom is 0.0411 e. The summed E-state index contributed by atoms with van der Waals surface area (Å²) in [5, 5.41) is 4.07. The minimum absolute atomic E-state index is 0.787. The predicted octanol–water partition coefficient (Wildman–Crippen LogP) is 3.35. The normalized spacial score (nSPS) is 11.8. The van der Waals surface area contributed by atoms with Crippen molar-refractivity contribution >= 4 is 17.7 Å². The Bertz CT molecular complexity index is 318. The summed E-state index contributed by atoms with van der Waals surface area (Å²) in [4.78, 5) is 0. The molecule has 1 N–H and O–H groups in total. The summed E-state index contributed by atoms with van der Waals surface area (Å²) < 4.78 is 0. The van der Waals surface area contributed by atoms with Gasteiger partial charge in [-0.3, -0.25) is 0 Å². The van der Waals surface area contributed by atoms with Gasteiger partial charge in [-0.25, -0.2) is 0 Å². The van der Waals surface area contributed by atoms with Crippen molar-refractivity contribution in [1.82, 2.24) is 5.32 Å². The monoisotopic (exact) mass is 209 g/mol. The molecule has 0 amide bonds. The Morgan fingerprint density at radius 1 is 1.50 bits per heavy atom. The van der Waals surface area contributed by atoms with Gasteiger partial charge in [0.15, 0.2) is 0 Å². The summed E-state index contributed by atoms with van der Waals surface area (Å²) in [7, 11) is 0. The molecule has 1 nitrogen and oxygen atoms in total. The van der Waals surface area contributed by atoms with Crippen molar-refractivity contribution in [2.24, 2.45) is 0 Å². The SMILES string of the molecule is CCNCC(C)=Cc1cccc(Cl)c1. The van der Waals surface area contributed by atoms with E-state index in [9.17, 15) is 0 Å². The average molecular weight is 210 g/mol. The fraction of sp³-hybridized carbons (Fsp3) is 0.333. The van der Waals surface area contributed by atoms with Crippen molar-refractivity contribution < 1.29 is 0 Å². The van der Waals surface area contributed by atoms with Crippen LogP contribution in [0.2, 0.25) is 5.02 Å². The van der Waals surface area contributed by atoms with Crippen molar-refractivity contribution in [2.45, 2.75) is 13.8 Å². The first-order chi connectivity index (χ1) is 6.72. The van der Waals surface area contributed by atoms with E-state index in [4.69, 9.17) is 11.6 Å². The largest absolute Gasteiger partial charge is 0.313 e. The molecule has 0 unspecified atom stereocenters. The Morgan fingerprint density at radius 2 is 2.29 bits per heavy atom. The van der Waals surface area contributed by atoms with Crippen LogP contribution >= 0.6 is 11.6 Å². The van der Waals surface area contributed by atoms with Gasteiger partial charge in [-0.2, -0.15) is 0 Å². The van der Waals surface area contributed by atoms with E-state index >= 15 is 0 Å². The fourth-order valence-corrected chi connectivity index (χ4v) is 1.45. The molecule has 0 bridgehead atoms. The molecule has 1 aromatic carbocycles. The lowest BCUT2D eigenvalue weighted by Gasteiger charge is -2.02. The Morgan fingerprint density at radius 3 is 2.93 bits per heavy atom. The second-order valence-electron chi connectivity index (χ2n) is 3.33. The summed E-state index contributed by atoms with van der Waals surface area (Å²) >= 11 is 5.89. The van der Waals surface area contributed by atoms with E-state index in [1.165, 1.54) is 5.57 Å². The van der Waals surface area contributed by atoms with Gasteiger partial charge in [0.1, 0.15) is 0 Å². The van der Waals surface area contributed by atoms with Crippen molar-refractivity contribution in [3.8, 4) is 0 Å². The van der Waals surface area contributed by atoms with Crippen LogP contribution in [0.25, 0.3) is 6.08 Å². The summed E-state index contributed by atoms with van der Waals surface area (Å²) in [6.07, 6.45) is 2.15. The zero-order valence-electron chi connectivity index (χ0n) is 8.68. The molecule has 0 spiro atoms. The Labute approximate surface area is 90.8 Å². The highest BCUT2D eigenvalue weighted by Gasteiger charge is 1.92. The van der Waals surface area contributed by atoms with E-state index in [-0.39, 0.29) is 0 Å². The predicted molar refractivity (Wildman–Crippen MR) is 63.6 cm³/mol. The first-order valence-electron chi connectivity index (χ1n) is 4.86. The van der Waals surface area contributed by atoms with Crippen LogP contribution in [0.3, 0.4) is 0 Å². The van der Waals surface area contributed by atoms with E-state index in [1.807, 2.05) is 18.2 Å². The second-order valence-corrected chi connectivity index (χ2v) is 3.76. The van der Waals surface area contributed by atoms with E-state index in [0.717, 1.165) is 23.7 Å². The molecular formula is C12H16ClN. The summed E-state index contributed by atoms with van der Waals surface area (Å²) in [5.41, 5.74) is 2.47. The zero-order chi connectivity index (χ0) is 10.4. The van der Waals surface area contributed by atoms with Gasteiger partial charge >= 0.3 is 0 Å². The number of nitrogens with one attached hydrogen (secondary N) is 1. The molecule has 1 aromatic rings. The van der Waals surface area contributed by atoms with Gasteiger partial charge in [0, 0.05) is 11.6 Å². The van der Waals surface area contributed by atoms with Crippen LogP contribution in [0.4, 0.5) is 0 Å². The molecule has 0 fully saturated rings. The lowest BCUT2D eigenvalue weighted by atomic mass is 10.1. The Hall–Kier alpha value is -0.790. The smallest absolute Gasteiger partial charge is 0.0411 e. The first kappa shape index (κ1) is 11.3. The number of hydrogen-bond acceptors (Lipinski definition) is 1. The minimum atomic E-state index is 0.787. The molecule has 0 aromatic heterocycles. The van der Waals surface area contributed by atoms with Crippen LogP contribution in [-0.2, 0) is 0 Å². The molecule has 0 aliphatic carbocycles. The number of benzene rings is 1. The molecule has 0 saturated heterocycles. The number of rotatable bonds is 4. The average Bonchev–Trinajstić information content (AvgIpc) is 2.15. The zero-order valence-corrected chi connectivity index (χ0v) is 9.43. The van der Waals surface area contributed by atoms with E-state index in [0.29, 0.717) is 0 Å². The van der Waals surface area contributed by atoms with Crippen molar-refractivity contribution in [1.29, 1.82) is 0 Å². The van der Waals surface area contributed by atoms with Gasteiger partial charge in [0.25, 0.3) is 0 Å². The van der Waals surface area contributed by atoms with Gasteiger partial charge < -0.3 is 5.32 Å². The van der Waals surface area contributed by atoms with Crippen LogP contribution < -0.4 is 5.32 Å². The molecule has 0 heterocycles. The number of halogens is 1. The highest BCUT2D eigenvalue weighted by Crippen LogP contribution is 2.13. The number of hydrogen-bond donors (Lipinski definition) is 1. The van der Waals surface area contributed by atoms with Crippen LogP contribution in [0, 0.1) is 0 Å². The molecule has 2 heteroatoms. The van der Waals surface area contributed by atoms with Gasteiger partial charge in [-0.05, 0) is 31.2 Å². The number of likely N-dealkylation sites (N-methyl/N-ethyl adjacent to an activating group) is 1. The topological polar surface area (TPSA) is 12.0 Å². The molecule has 0 atom stereocenters. The third-order valence-corrected chi connectivity index (χ3v) is 2.15. The van der Waals surface area contributed by atoms with Crippen LogP contribution in [0.15, 0.2) is 29.8 Å². The van der Waals surface area contributed by atoms with Gasteiger partial charge in [-0.1, -0.05) is 42.3 Å². The summed E-state index contributed by atoms with van der Waals surface area (Å²) in [6, 6.07) is 7.88. The Balaban J connectivity index is 2.66. The molecule has 76 valence electrons. The van der Waals surface area contributed by atoms with Crippen LogP contribution in [-0.4, -0.2) is 13.1 Å². The quantitative estimate of drug-likeness (QED) is 0.802. The first-order valence-corrected chi connectivity index (χ1v) is 5.23. The third-order valence-electron chi connectivity index (χ3n) is 1.92. The molecule has 1 rings (SSSR count). The molecule has 0 radical (unpaired) electrons. The molecular weight excluding hydrogens is 194 g/mol. The van der Waals surface area contributed by atoms with Gasteiger partial charge in [-0.15, -0.1) is 0 Å². The maximum absolute atomic E-state index is 5.89. The van der Waals surface area contributed by atoms with Crippen molar-refractivity contribution in [3.05, 3.63) is 40.4 Å². The van der Waals surface area contributed by atoms with E-state index in [1.54, 1.807) is 0 Å². The molecule has 0 saturated carbocycles. The van der Waals surface area contributed by atoms with Crippen LogP contribution in [0.5, 0.6) is 0 Å². The lowest BCUT2D eigenvalue weighted by Crippen LogP contribution is -2.14. The van der Waals surface area contributed by atoms with Gasteiger partial charge in [0.2, 0.25) is 0 Å². The van der Waals surface area contributed by atoms with Gasteiger partial charge in [0.05, 0.1) is 0 Å². The highest BCUT2D eigenvalue weighted by atomic mass is 35.5. The standard InChI is InChI=1S/C12H16ClN/c1-3-14-9-10(2)7-11-5-4-6-12(13)8-11/h4-8,14H,3,9H2,1-2H3.